The lowest BCUT2D eigenvalue weighted by atomic mass is 10.0. The largest absolute Gasteiger partial charge is 0.467 e. The monoisotopic (exact) mass is 508 g/mol. The second-order valence-electron chi connectivity index (χ2n) is 7.75. The molecular formula is C25H21FN4O3S2. The number of halogens is 1. The molecule has 0 saturated carbocycles. The van der Waals surface area contributed by atoms with Gasteiger partial charge < -0.3 is 9.73 Å². The molecule has 0 aliphatic carbocycles. The van der Waals surface area contributed by atoms with Gasteiger partial charge in [0.05, 0.1) is 24.3 Å². The van der Waals surface area contributed by atoms with Gasteiger partial charge in [0, 0.05) is 12.1 Å². The van der Waals surface area contributed by atoms with E-state index < -0.39 is 5.56 Å². The zero-order valence-electron chi connectivity index (χ0n) is 19.0. The quantitative estimate of drug-likeness (QED) is 0.362. The molecule has 0 spiro atoms. The fourth-order valence-corrected chi connectivity index (χ4v) is 5.02. The number of nitrogens with one attached hydrogen (secondary N) is 1. The van der Waals surface area contributed by atoms with Crippen LogP contribution >= 0.6 is 24.0 Å². The molecule has 1 aliphatic heterocycles. The van der Waals surface area contributed by atoms with Crippen LogP contribution in [0.2, 0.25) is 0 Å². The van der Waals surface area contributed by atoms with Gasteiger partial charge >= 0.3 is 0 Å². The van der Waals surface area contributed by atoms with Crippen LogP contribution in [0, 0.1) is 24.1 Å². The van der Waals surface area contributed by atoms with Crippen molar-refractivity contribution < 1.29 is 13.6 Å². The molecule has 2 aromatic heterocycles. The fraction of sp³-hybridized carbons (Fsp3) is 0.200. The van der Waals surface area contributed by atoms with E-state index >= 15 is 0 Å². The number of nitrogens with zero attached hydrogens (tertiary/aromatic N) is 3. The van der Waals surface area contributed by atoms with E-state index in [2.05, 4.69) is 5.32 Å². The number of hydrogen-bond donors (Lipinski definition) is 1. The van der Waals surface area contributed by atoms with Crippen LogP contribution in [0.4, 0.5) is 10.2 Å². The number of thiocarbonyl (C=S) groups is 1. The summed E-state index contributed by atoms with van der Waals surface area (Å²) in [6.07, 6.45) is 3.22. The van der Waals surface area contributed by atoms with Crippen LogP contribution < -0.4 is 10.9 Å². The number of carbonyl (C=O) groups excluding carboxylic acids is 1. The van der Waals surface area contributed by atoms with Crippen molar-refractivity contribution in [3.63, 3.8) is 0 Å². The molecule has 0 atom stereocenters. The van der Waals surface area contributed by atoms with Crippen LogP contribution in [0.1, 0.15) is 34.9 Å². The van der Waals surface area contributed by atoms with Gasteiger partial charge in [0.15, 0.2) is 0 Å². The first-order valence-corrected chi connectivity index (χ1v) is 12.0. The van der Waals surface area contributed by atoms with E-state index in [1.807, 2.05) is 13.0 Å². The summed E-state index contributed by atoms with van der Waals surface area (Å²) in [6.45, 7) is 4.33. The van der Waals surface area contributed by atoms with E-state index in [0.29, 0.717) is 45.0 Å². The Hall–Kier alpha value is -3.68. The number of carbonyl (C=O) groups is 1. The second kappa shape index (κ2) is 10.3. The van der Waals surface area contributed by atoms with E-state index in [1.165, 1.54) is 21.6 Å². The summed E-state index contributed by atoms with van der Waals surface area (Å²) in [7, 11) is 0. The normalized spacial score (nSPS) is 14.6. The summed E-state index contributed by atoms with van der Waals surface area (Å²) in [5.41, 5.74) is 1.37. The van der Waals surface area contributed by atoms with Gasteiger partial charge in [0.2, 0.25) is 0 Å². The number of aromatic nitrogens is 1. The van der Waals surface area contributed by atoms with Crippen molar-refractivity contribution in [2.24, 2.45) is 0 Å². The Morgan fingerprint density at radius 3 is 2.63 bits per heavy atom. The molecule has 178 valence electrons. The minimum absolute atomic E-state index is 0.0171. The van der Waals surface area contributed by atoms with Crippen molar-refractivity contribution in [3.05, 3.63) is 91.8 Å². The lowest BCUT2D eigenvalue weighted by Crippen LogP contribution is -2.28. The molecule has 4 rings (SSSR count). The summed E-state index contributed by atoms with van der Waals surface area (Å²) in [4.78, 5) is 28.0. The van der Waals surface area contributed by atoms with E-state index in [9.17, 15) is 19.2 Å². The van der Waals surface area contributed by atoms with Crippen molar-refractivity contribution in [3.8, 4) is 6.07 Å². The Labute approximate surface area is 210 Å². The molecule has 0 unspecified atom stereocenters. The third kappa shape index (κ3) is 4.92. The lowest BCUT2D eigenvalue weighted by molar-refractivity contribution is -0.122. The summed E-state index contributed by atoms with van der Waals surface area (Å²) in [5.74, 6) is 0.491. The average molecular weight is 509 g/mol. The van der Waals surface area contributed by atoms with Crippen LogP contribution in [0.3, 0.4) is 0 Å². The first-order valence-electron chi connectivity index (χ1n) is 10.8. The number of thioether (sulfide) groups is 1. The number of amides is 1. The van der Waals surface area contributed by atoms with E-state index in [1.54, 1.807) is 43.5 Å². The fourth-order valence-electron chi connectivity index (χ4n) is 3.78. The molecule has 1 amide bonds. The number of nitriles is 1. The van der Waals surface area contributed by atoms with Gasteiger partial charge in [-0.2, -0.15) is 5.26 Å². The van der Waals surface area contributed by atoms with E-state index in [-0.39, 0.29) is 23.8 Å². The number of hydrogen-bond acceptors (Lipinski definition) is 7. The standard InChI is InChI=1S/C25H21FN4O3S2/c1-3-29-22(28-13-18-5-4-10-33-18)19(15(2)20(12-27)23(29)31)11-21-24(32)30(25(34)35-21)14-16-6-8-17(26)9-7-16/h4-11,28H,3,13-14H2,1-2H3/b21-11-. The van der Waals surface area contributed by atoms with Crippen LogP contribution in [0.25, 0.3) is 6.08 Å². The second-order valence-corrected chi connectivity index (χ2v) is 9.43. The van der Waals surface area contributed by atoms with Gasteiger partial charge in [-0.1, -0.05) is 36.1 Å². The number of pyridine rings is 1. The van der Waals surface area contributed by atoms with Gasteiger partial charge in [-0.05, 0) is 55.3 Å². The highest BCUT2D eigenvalue weighted by molar-refractivity contribution is 8.26. The van der Waals surface area contributed by atoms with Crippen LogP contribution in [0.15, 0.2) is 56.8 Å². The van der Waals surface area contributed by atoms with Crippen LogP contribution in [-0.4, -0.2) is 19.7 Å². The van der Waals surface area contributed by atoms with Gasteiger partial charge in [-0.3, -0.25) is 19.1 Å². The molecule has 3 aromatic rings. The molecule has 0 radical (unpaired) electrons. The predicted molar refractivity (Wildman–Crippen MR) is 137 cm³/mol. The number of rotatable bonds is 7. The molecule has 7 nitrogen and oxygen atoms in total. The number of benzene rings is 1. The molecule has 1 saturated heterocycles. The maximum atomic E-state index is 13.3. The topological polar surface area (TPSA) is 91.3 Å². The molecular weight excluding hydrogens is 487 g/mol. The van der Waals surface area contributed by atoms with Crippen molar-refractivity contribution >= 4 is 46.1 Å². The Kier molecular flexibility index (Phi) is 7.19. The highest BCUT2D eigenvalue weighted by Gasteiger charge is 2.33. The Morgan fingerprint density at radius 2 is 2.00 bits per heavy atom. The average Bonchev–Trinajstić information content (AvgIpc) is 3.45. The molecule has 1 N–H and O–H groups in total. The number of furan rings is 1. The Bertz CT molecular complexity index is 1420. The molecule has 0 bridgehead atoms. The highest BCUT2D eigenvalue weighted by Crippen LogP contribution is 2.36. The number of anilines is 1. The maximum absolute atomic E-state index is 13.3. The first kappa shape index (κ1) is 24.4. The molecule has 10 heteroatoms. The lowest BCUT2D eigenvalue weighted by Gasteiger charge is -2.19. The molecule has 1 fully saturated rings. The maximum Gasteiger partial charge on any atom is 0.270 e. The molecule has 1 aliphatic rings. The van der Waals surface area contributed by atoms with Gasteiger partial charge in [-0.15, -0.1) is 0 Å². The zero-order valence-corrected chi connectivity index (χ0v) is 20.6. The molecule has 1 aromatic carbocycles. The van der Waals surface area contributed by atoms with Crippen molar-refractivity contribution in [2.45, 2.75) is 33.5 Å². The summed E-state index contributed by atoms with van der Waals surface area (Å²) in [5, 5.41) is 12.9. The van der Waals surface area contributed by atoms with E-state index in [0.717, 1.165) is 17.3 Å². The third-order valence-electron chi connectivity index (χ3n) is 5.60. The van der Waals surface area contributed by atoms with Gasteiger partial charge in [0.25, 0.3) is 11.5 Å². The summed E-state index contributed by atoms with van der Waals surface area (Å²) >= 11 is 6.58. The SMILES string of the molecule is CCn1c(NCc2ccco2)c(/C=C2\SC(=S)N(Cc3ccc(F)cc3)C2=O)c(C)c(C#N)c1=O. The zero-order chi connectivity index (χ0) is 25.1. The van der Waals surface area contributed by atoms with Crippen molar-refractivity contribution in [1.29, 1.82) is 5.26 Å². The van der Waals surface area contributed by atoms with Crippen LogP contribution in [-0.2, 0) is 24.4 Å². The van der Waals surface area contributed by atoms with Crippen molar-refractivity contribution in [2.75, 3.05) is 5.32 Å². The molecule has 35 heavy (non-hydrogen) atoms. The van der Waals surface area contributed by atoms with Crippen LogP contribution in [0.5, 0.6) is 0 Å². The van der Waals surface area contributed by atoms with Crippen molar-refractivity contribution in [1.82, 2.24) is 9.47 Å². The summed E-state index contributed by atoms with van der Waals surface area (Å²) < 4.78 is 20.5. The van der Waals surface area contributed by atoms with Gasteiger partial charge in [0.1, 0.15) is 33.3 Å². The minimum Gasteiger partial charge on any atom is -0.467 e. The minimum atomic E-state index is -0.407. The first-order chi connectivity index (χ1) is 16.8. The predicted octanol–water partition coefficient (Wildman–Crippen LogP) is 4.79. The third-order valence-corrected chi connectivity index (χ3v) is 6.98. The highest BCUT2D eigenvalue weighted by atomic mass is 32.2. The Morgan fingerprint density at radius 1 is 1.26 bits per heavy atom. The molecule has 3 heterocycles. The van der Waals surface area contributed by atoms with Gasteiger partial charge in [-0.25, -0.2) is 4.39 Å². The smallest absolute Gasteiger partial charge is 0.270 e. The van der Waals surface area contributed by atoms with E-state index in [4.69, 9.17) is 16.6 Å². The summed E-state index contributed by atoms with van der Waals surface area (Å²) in [6, 6.07) is 11.4. The Balaban J connectivity index is 1.75.